The number of rotatable bonds is 4. The lowest BCUT2D eigenvalue weighted by atomic mass is 9.95. The molecule has 0 aliphatic carbocycles. The van der Waals surface area contributed by atoms with Crippen LogP contribution in [0.15, 0.2) is 12.1 Å². The molecule has 0 spiro atoms. The molecule has 0 fully saturated rings. The third-order valence-corrected chi connectivity index (χ3v) is 2.18. The van der Waals surface area contributed by atoms with E-state index in [9.17, 15) is 18.0 Å². The Hall–Kier alpha value is -1.56. The van der Waals surface area contributed by atoms with Crippen molar-refractivity contribution in [3.63, 3.8) is 0 Å². The summed E-state index contributed by atoms with van der Waals surface area (Å²) in [7, 11) is 0. The largest absolute Gasteiger partial charge is 0.481 e. The standard InChI is InChI=1S/C10H10F3NO2/c11-7-3-9(13)8(12)2-6(7)5(4-14)1-10(15)16/h2-3,5H,1,4,14H2,(H,15,16). The van der Waals surface area contributed by atoms with Gasteiger partial charge in [-0.3, -0.25) is 4.79 Å². The van der Waals surface area contributed by atoms with E-state index in [0.29, 0.717) is 12.1 Å². The van der Waals surface area contributed by atoms with E-state index in [-0.39, 0.29) is 12.1 Å². The van der Waals surface area contributed by atoms with Gasteiger partial charge in [0.1, 0.15) is 5.82 Å². The Balaban J connectivity index is 3.09. The minimum absolute atomic E-state index is 0.158. The monoisotopic (exact) mass is 233 g/mol. The summed E-state index contributed by atoms with van der Waals surface area (Å²) in [4.78, 5) is 10.5. The molecule has 1 aromatic carbocycles. The Morgan fingerprint density at radius 2 is 1.81 bits per heavy atom. The number of carboxylic acids is 1. The predicted octanol–water partition coefficient (Wildman–Crippen LogP) is 1.62. The lowest BCUT2D eigenvalue weighted by molar-refractivity contribution is -0.137. The Bertz CT molecular complexity index is 409. The number of halogens is 3. The maximum atomic E-state index is 13.3. The fourth-order valence-electron chi connectivity index (χ4n) is 1.38. The van der Waals surface area contributed by atoms with Gasteiger partial charge in [-0.2, -0.15) is 0 Å². The summed E-state index contributed by atoms with van der Waals surface area (Å²) in [6, 6.07) is 1.03. The molecule has 0 aliphatic heterocycles. The van der Waals surface area contributed by atoms with Crippen LogP contribution in [-0.2, 0) is 4.79 Å². The molecule has 0 saturated carbocycles. The topological polar surface area (TPSA) is 63.3 Å². The van der Waals surface area contributed by atoms with Crippen molar-refractivity contribution in [1.82, 2.24) is 0 Å². The van der Waals surface area contributed by atoms with Crippen molar-refractivity contribution < 1.29 is 23.1 Å². The highest BCUT2D eigenvalue weighted by molar-refractivity contribution is 5.68. The fraction of sp³-hybridized carbons (Fsp3) is 0.300. The van der Waals surface area contributed by atoms with Crippen molar-refractivity contribution in [2.45, 2.75) is 12.3 Å². The maximum Gasteiger partial charge on any atom is 0.304 e. The first kappa shape index (κ1) is 12.5. The van der Waals surface area contributed by atoms with E-state index in [1.165, 1.54) is 0 Å². The van der Waals surface area contributed by atoms with E-state index >= 15 is 0 Å². The van der Waals surface area contributed by atoms with Gasteiger partial charge in [-0.1, -0.05) is 0 Å². The molecule has 6 heteroatoms. The average Bonchev–Trinajstić information content (AvgIpc) is 2.20. The predicted molar refractivity (Wildman–Crippen MR) is 50.4 cm³/mol. The first-order valence-corrected chi connectivity index (χ1v) is 4.52. The van der Waals surface area contributed by atoms with Crippen molar-refractivity contribution in [1.29, 1.82) is 0 Å². The van der Waals surface area contributed by atoms with Crippen LogP contribution in [0, 0.1) is 17.5 Å². The molecule has 0 bridgehead atoms. The van der Waals surface area contributed by atoms with Crippen LogP contribution >= 0.6 is 0 Å². The fourth-order valence-corrected chi connectivity index (χ4v) is 1.38. The van der Waals surface area contributed by atoms with Crippen LogP contribution in [0.25, 0.3) is 0 Å². The summed E-state index contributed by atoms with van der Waals surface area (Å²) in [5.74, 6) is -5.57. The molecule has 1 atom stereocenters. The highest BCUT2D eigenvalue weighted by Crippen LogP contribution is 2.24. The van der Waals surface area contributed by atoms with Crippen molar-refractivity contribution in [2.75, 3.05) is 6.54 Å². The second-order valence-electron chi connectivity index (χ2n) is 3.32. The molecule has 3 nitrogen and oxygen atoms in total. The van der Waals surface area contributed by atoms with Crippen LogP contribution in [0.1, 0.15) is 17.9 Å². The number of nitrogens with two attached hydrogens (primary N) is 1. The van der Waals surface area contributed by atoms with Gasteiger partial charge in [-0.25, -0.2) is 13.2 Å². The SMILES string of the molecule is NCC(CC(=O)O)c1cc(F)c(F)cc1F. The number of hydrogen-bond acceptors (Lipinski definition) is 2. The van der Waals surface area contributed by atoms with Crippen molar-refractivity contribution >= 4 is 5.97 Å². The van der Waals surface area contributed by atoms with Crippen LogP contribution in [-0.4, -0.2) is 17.6 Å². The molecule has 0 amide bonds. The van der Waals surface area contributed by atoms with Gasteiger partial charge in [-0.05, 0) is 18.2 Å². The molecule has 1 aromatic rings. The minimum Gasteiger partial charge on any atom is -0.481 e. The van der Waals surface area contributed by atoms with Gasteiger partial charge in [0.05, 0.1) is 6.42 Å². The number of hydrogen-bond donors (Lipinski definition) is 2. The molecule has 0 saturated heterocycles. The summed E-state index contributed by atoms with van der Waals surface area (Å²) < 4.78 is 38.8. The first-order chi connectivity index (χ1) is 7.45. The minimum atomic E-state index is -1.31. The summed E-state index contributed by atoms with van der Waals surface area (Å²) in [5, 5.41) is 8.55. The zero-order valence-electron chi connectivity index (χ0n) is 8.21. The highest BCUT2D eigenvalue weighted by Gasteiger charge is 2.20. The molecular weight excluding hydrogens is 223 g/mol. The van der Waals surface area contributed by atoms with Crippen LogP contribution in [0.3, 0.4) is 0 Å². The van der Waals surface area contributed by atoms with Crippen LogP contribution in [0.5, 0.6) is 0 Å². The molecule has 1 unspecified atom stereocenters. The first-order valence-electron chi connectivity index (χ1n) is 4.52. The number of benzene rings is 1. The number of carbonyl (C=O) groups is 1. The molecule has 0 aromatic heterocycles. The van der Waals surface area contributed by atoms with E-state index in [1.54, 1.807) is 0 Å². The molecule has 0 heterocycles. The molecular formula is C10H10F3NO2. The van der Waals surface area contributed by atoms with Crippen molar-refractivity contribution in [3.8, 4) is 0 Å². The molecule has 1 rings (SSSR count). The van der Waals surface area contributed by atoms with Gasteiger partial charge >= 0.3 is 5.97 Å². The number of carboxylic acid groups (broad SMARTS) is 1. The van der Waals surface area contributed by atoms with E-state index in [1.807, 2.05) is 0 Å². The highest BCUT2D eigenvalue weighted by atomic mass is 19.2. The van der Waals surface area contributed by atoms with Gasteiger partial charge < -0.3 is 10.8 Å². The average molecular weight is 233 g/mol. The van der Waals surface area contributed by atoms with Crippen LogP contribution in [0.2, 0.25) is 0 Å². The normalized spacial score (nSPS) is 12.5. The summed E-state index contributed by atoms with van der Waals surface area (Å²) in [5.41, 5.74) is 5.05. The summed E-state index contributed by atoms with van der Waals surface area (Å²) in [6.45, 7) is -0.158. The Morgan fingerprint density at radius 1 is 1.25 bits per heavy atom. The van der Waals surface area contributed by atoms with E-state index in [0.717, 1.165) is 0 Å². The molecule has 0 aliphatic rings. The number of aliphatic carboxylic acids is 1. The van der Waals surface area contributed by atoms with E-state index < -0.39 is 35.8 Å². The lowest BCUT2D eigenvalue weighted by Gasteiger charge is -2.13. The molecule has 0 radical (unpaired) electrons. The van der Waals surface area contributed by atoms with Crippen LogP contribution < -0.4 is 5.73 Å². The van der Waals surface area contributed by atoms with Crippen molar-refractivity contribution in [3.05, 3.63) is 35.1 Å². The van der Waals surface area contributed by atoms with Gasteiger partial charge in [0.25, 0.3) is 0 Å². The van der Waals surface area contributed by atoms with Gasteiger partial charge in [0, 0.05) is 12.0 Å². The zero-order valence-corrected chi connectivity index (χ0v) is 8.21. The second-order valence-corrected chi connectivity index (χ2v) is 3.32. The van der Waals surface area contributed by atoms with Gasteiger partial charge in [0.2, 0.25) is 0 Å². The second kappa shape index (κ2) is 4.98. The van der Waals surface area contributed by atoms with E-state index in [4.69, 9.17) is 10.8 Å². The van der Waals surface area contributed by atoms with Gasteiger partial charge in [-0.15, -0.1) is 0 Å². The Labute approximate surface area is 89.7 Å². The molecule has 16 heavy (non-hydrogen) atoms. The summed E-state index contributed by atoms with van der Waals surface area (Å²) in [6.07, 6.45) is -0.432. The third kappa shape index (κ3) is 2.73. The zero-order chi connectivity index (χ0) is 12.3. The van der Waals surface area contributed by atoms with Gasteiger partial charge in [0.15, 0.2) is 11.6 Å². The van der Waals surface area contributed by atoms with E-state index in [2.05, 4.69) is 0 Å². The Kier molecular flexibility index (Phi) is 3.89. The Morgan fingerprint density at radius 3 is 2.31 bits per heavy atom. The smallest absolute Gasteiger partial charge is 0.304 e. The van der Waals surface area contributed by atoms with Crippen LogP contribution in [0.4, 0.5) is 13.2 Å². The van der Waals surface area contributed by atoms with Crippen molar-refractivity contribution in [2.24, 2.45) is 5.73 Å². The molecule has 88 valence electrons. The maximum absolute atomic E-state index is 13.3. The molecule has 3 N–H and O–H groups in total. The third-order valence-electron chi connectivity index (χ3n) is 2.18. The quantitative estimate of drug-likeness (QED) is 0.777. The summed E-state index contributed by atoms with van der Waals surface area (Å²) >= 11 is 0. The lowest BCUT2D eigenvalue weighted by Crippen LogP contribution is -2.18.